The Labute approximate surface area is 235 Å². The van der Waals surface area contributed by atoms with Crippen LogP contribution in [0.3, 0.4) is 0 Å². The minimum Gasteiger partial charge on any atom is -0.457 e. The lowest BCUT2D eigenvalue weighted by Gasteiger charge is -2.31. The number of benzene rings is 2. The molecule has 10 nitrogen and oxygen atoms in total. The van der Waals surface area contributed by atoms with Crippen molar-refractivity contribution >= 4 is 35.0 Å². The van der Waals surface area contributed by atoms with E-state index in [1.54, 1.807) is 18.0 Å². The van der Waals surface area contributed by atoms with Crippen molar-refractivity contribution in [2.24, 2.45) is 5.41 Å². The molecule has 5 rings (SSSR count). The smallest absolute Gasteiger partial charge is 0.323 e. The van der Waals surface area contributed by atoms with E-state index in [2.05, 4.69) is 20.9 Å². The first-order valence-electron chi connectivity index (χ1n) is 13.2. The van der Waals surface area contributed by atoms with Crippen LogP contribution in [0.25, 0.3) is 0 Å². The van der Waals surface area contributed by atoms with E-state index in [0.717, 1.165) is 18.9 Å². The maximum atomic E-state index is 14.9. The molecule has 0 spiro atoms. The van der Waals surface area contributed by atoms with E-state index in [9.17, 15) is 23.2 Å². The van der Waals surface area contributed by atoms with Crippen LogP contribution in [-0.4, -0.2) is 54.0 Å². The Balaban J connectivity index is 1.18. The molecule has 1 aliphatic heterocycles. The van der Waals surface area contributed by atoms with Gasteiger partial charge in [-0.3, -0.25) is 14.9 Å². The summed E-state index contributed by atoms with van der Waals surface area (Å²) < 4.78 is 39.1. The number of amides is 4. The van der Waals surface area contributed by atoms with Crippen LogP contribution in [0, 0.1) is 17.0 Å². The zero-order valence-corrected chi connectivity index (χ0v) is 22.3. The number of anilines is 3. The highest BCUT2D eigenvalue weighted by Gasteiger charge is 2.56. The van der Waals surface area contributed by atoms with Crippen molar-refractivity contribution in [1.82, 2.24) is 9.88 Å². The predicted molar refractivity (Wildman–Crippen MR) is 147 cm³/mol. The summed E-state index contributed by atoms with van der Waals surface area (Å²) in [5.74, 6) is -1.65. The zero-order valence-electron chi connectivity index (χ0n) is 22.3. The van der Waals surface area contributed by atoms with E-state index < -0.39 is 28.9 Å². The molecule has 0 atom stereocenters. The molecule has 1 aliphatic carbocycles. The van der Waals surface area contributed by atoms with E-state index >= 15 is 0 Å². The SMILES string of the molecule is CN(C(=O)Nc1cc(Oc2ccc(NC(=O)C3(C(=O)Nc4ccc(F)cc4)CC3)c(F)c2)ccn1)C1CCOCC1. The molecule has 1 saturated heterocycles. The Bertz CT molecular complexity index is 1440. The number of aromatic nitrogens is 1. The predicted octanol–water partition coefficient (Wildman–Crippen LogP) is 5.15. The third kappa shape index (κ3) is 6.60. The van der Waals surface area contributed by atoms with Gasteiger partial charge in [0.2, 0.25) is 11.8 Å². The molecule has 0 radical (unpaired) electrons. The number of halogens is 2. The third-order valence-corrected chi connectivity index (χ3v) is 7.17. The Hall–Kier alpha value is -4.58. The second-order valence-corrected chi connectivity index (χ2v) is 10.0. The lowest BCUT2D eigenvalue weighted by molar-refractivity contribution is -0.131. The molecule has 12 heteroatoms. The van der Waals surface area contributed by atoms with Crippen LogP contribution in [0.2, 0.25) is 0 Å². The fourth-order valence-electron chi connectivity index (χ4n) is 4.48. The van der Waals surface area contributed by atoms with Gasteiger partial charge in [0.15, 0.2) is 0 Å². The normalized spacial score (nSPS) is 15.9. The summed E-state index contributed by atoms with van der Waals surface area (Å²) in [6.07, 6.45) is 3.58. The minimum atomic E-state index is -1.33. The number of rotatable bonds is 8. The number of ether oxygens (including phenoxy) is 2. The fourth-order valence-corrected chi connectivity index (χ4v) is 4.48. The molecule has 3 N–H and O–H groups in total. The van der Waals surface area contributed by atoms with Gasteiger partial charge in [-0.2, -0.15) is 0 Å². The number of nitrogens with one attached hydrogen (secondary N) is 3. The summed E-state index contributed by atoms with van der Waals surface area (Å²) in [5, 5.41) is 7.84. The molecule has 0 bridgehead atoms. The number of carbonyl (C=O) groups is 3. The molecule has 1 aromatic heterocycles. The number of hydrogen-bond donors (Lipinski definition) is 3. The van der Waals surface area contributed by atoms with Crippen LogP contribution < -0.4 is 20.7 Å². The summed E-state index contributed by atoms with van der Waals surface area (Å²) in [6, 6.07) is 11.9. The number of hydrogen-bond acceptors (Lipinski definition) is 6. The van der Waals surface area contributed by atoms with Gasteiger partial charge in [-0.25, -0.2) is 18.6 Å². The number of carbonyl (C=O) groups excluding carboxylic acids is 3. The van der Waals surface area contributed by atoms with Gasteiger partial charge >= 0.3 is 6.03 Å². The number of nitrogens with zero attached hydrogens (tertiary/aromatic N) is 2. The summed E-state index contributed by atoms with van der Waals surface area (Å²) in [7, 11) is 1.72. The molecule has 2 heterocycles. The first kappa shape index (κ1) is 28.0. The highest BCUT2D eigenvalue weighted by molar-refractivity contribution is 6.16. The molecule has 1 saturated carbocycles. The molecule has 2 aromatic carbocycles. The van der Waals surface area contributed by atoms with Crippen molar-refractivity contribution in [1.29, 1.82) is 0 Å². The van der Waals surface area contributed by atoms with Gasteiger partial charge in [0.05, 0.1) is 5.69 Å². The van der Waals surface area contributed by atoms with Crippen molar-refractivity contribution in [3.63, 3.8) is 0 Å². The van der Waals surface area contributed by atoms with E-state index in [0.29, 0.717) is 37.5 Å². The molecule has 4 amide bonds. The van der Waals surface area contributed by atoms with Crippen molar-refractivity contribution in [2.45, 2.75) is 31.7 Å². The van der Waals surface area contributed by atoms with Crippen molar-refractivity contribution in [3.05, 3.63) is 72.4 Å². The fraction of sp³-hybridized carbons (Fsp3) is 0.310. The van der Waals surface area contributed by atoms with Gasteiger partial charge in [-0.15, -0.1) is 0 Å². The van der Waals surface area contributed by atoms with Crippen molar-refractivity contribution < 1.29 is 32.6 Å². The van der Waals surface area contributed by atoms with Crippen LogP contribution in [0.4, 0.5) is 30.8 Å². The largest absolute Gasteiger partial charge is 0.457 e. The first-order chi connectivity index (χ1) is 19.7. The van der Waals surface area contributed by atoms with Gasteiger partial charge < -0.3 is 25.0 Å². The average molecular weight is 566 g/mol. The summed E-state index contributed by atoms with van der Waals surface area (Å²) in [5.41, 5.74) is -1.08. The lowest BCUT2D eigenvalue weighted by atomic mass is 10.0. The molecular formula is C29H29F2N5O5. The van der Waals surface area contributed by atoms with Gasteiger partial charge in [0.25, 0.3) is 0 Å². The first-order valence-corrected chi connectivity index (χ1v) is 13.2. The van der Waals surface area contributed by atoms with Crippen LogP contribution >= 0.6 is 0 Å². The van der Waals surface area contributed by atoms with E-state index in [-0.39, 0.29) is 29.3 Å². The Morgan fingerprint density at radius 2 is 1.61 bits per heavy atom. The van der Waals surface area contributed by atoms with Crippen LogP contribution in [0.15, 0.2) is 60.8 Å². The highest BCUT2D eigenvalue weighted by Crippen LogP contribution is 2.47. The van der Waals surface area contributed by atoms with Crippen molar-refractivity contribution in [2.75, 3.05) is 36.2 Å². The lowest BCUT2D eigenvalue weighted by Crippen LogP contribution is -2.42. The summed E-state index contributed by atoms with van der Waals surface area (Å²) in [4.78, 5) is 44.1. The van der Waals surface area contributed by atoms with E-state index in [1.807, 2.05) is 0 Å². The van der Waals surface area contributed by atoms with Gasteiger partial charge in [0, 0.05) is 50.3 Å². The zero-order chi connectivity index (χ0) is 29.0. The van der Waals surface area contributed by atoms with Gasteiger partial charge in [-0.1, -0.05) is 0 Å². The van der Waals surface area contributed by atoms with Gasteiger partial charge in [-0.05, 0) is 68.1 Å². The van der Waals surface area contributed by atoms with Crippen molar-refractivity contribution in [3.8, 4) is 11.5 Å². The second kappa shape index (κ2) is 11.9. The molecular weight excluding hydrogens is 536 g/mol. The molecule has 2 aliphatic rings. The minimum absolute atomic E-state index is 0.0733. The Kier molecular flexibility index (Phi) is 8.11. The number of urea groups is 1. The monoisotopic (exact) mass is 565 g/mol. The maximum absolute atomic E-state index is 14.9. The molecule has 0 unspecified atom stereocenters. The third-order valence-electron chi connectivity index (χ3n) is 7.17. The van der Waals surface area contributed by atoms with Crippen LogP contribution in [0.5, 0.6) is 11.5 Å². The second-order valence-electron chi connectivity index (χ2n) is 10.0. The van der Waals surface area contributed by atoms with Crippen LogP contribution in [0.1, 0.15) is 25.7 Å². The Morgan fingerprint density at radius 3 is 2.29 bits per heavy atom. The summed E-state index contributed by atoms with van der Waals surface area (Å²) in [6.45, 7) is 1.22. The quantitative estimate of drug-likeness (QED) is 0.325. The Morgan fingerprint density at radius 1 is 0.927 bits per heavy atom. The average Bonchev–Trinajstić information content (AvgIpc) is 3.78. The van der Waals surface area contributed by atoms with Gasteiger partial charge in [0.1, 0.15) is 34.4 Å². The maximum Gasteiger partial charge on any atom is 0.323 e. The summed E-state index contributed by atoms with van der Waals surface area (Å²) >= 11 is 0. The molecule has 2 fully saturated rings. The standard InChI is InChI=1S/C29H29F2N5O5/c1-36(20-9-14-40-15-10-20)28(39)35-25-17-22(8-13-32-25)41-21-6-7-24(23(31)16-21)34-27(38)29(11-12-29)26(37)33-19-4-2-18(30)3-5-19/h2-8,13,16-17,20H,9-12,14-15H2,1H3,(H,33,37)(H,34,38)(H,32,35,39). The molecule has 214 valence electrons. The van der Waals surface area contributed by atoms with E-state index in [4.69, 9.17) is 9.47 Å². The topological polar surface area (TPSA) is 122 Å². The molecule has 3 aromatic rings. The molecule has 41 heavy (non-hydrogen) atoms. The van der Waals surface area contributed by atoms with E-state index in [1.165, 1.54) is 48.7 Å². The highest BCUT2D eigenvalue weighted by atomic mass is 19.1. The van der Waals surface area contributed by atoms with Crippen LogP contribution in [-0.2, 0) is 14.3 Å². The number of pyridine rings is 1.